The van der Waals surface area contributed by atoms with Gasteiger partial charge < -0.3 is 21.1 Å². The molecule has 1 saturated heterocycles. The molecule has 0 aromatic heterocycles. The Bertz CT molecular complexity index is 1000. The minimum atomic E-state index is -1.15. The summed E-state index contributed by atoms with van der Waals surface area (Å²) in [6, 6.07) is 11.0. The molecule has 2 aromatic carbocycles. The number of hydrogen-bond donors (Lipinski definition) is 2. The second-order valence-electron chi connectivity index (χ2n) is 8.93. The van der Waals surface area contributed by atoms with Gasteiger partial charge >= 0.3 is 0 Å². The third-order valence-electron chi connectivity index (χ3n) is 6.53. The Kier molecular flexibility index (Phi) is 8.35. The molecule has 0 saturated carbocycles. The summed E-state index contributed by atoms with van der Waals surface area (Å²) in [6.07, 6.45) is 0.373. The number of benzene rings is 2. The molecule has 0 radical (unpaired) electrons. The summed E-state index contributed by atoms with van der Waals surface area (Å²) in [6.45, 7) is 2.92. The van der Waals surface area contributed by atoms with Crippen LogP contribution in [0.2, 0.25) is 0 Å². The van der Waals surface area contributed by atoms with Crippen molar-refractivity contribution in [2.24, 2.45) is 11.5 Å². The van der Waals surface area contributed by atoms with Crippen LogP contribution < -0.4 is 11.5 Å². The number of halogens is 2. The summed E-state index contributed by atoms with van der Waals surface area (Å²) in [7, 11) is 1.53. The van der Waals surface area contributed by atoms with E-state index < -0.39 is 23.3 Å². The predicted octanol–water partition coefficient (Wildman–Crippen LogP) is 1.48. The first-order chi connectivity index (χ1) is 16.2. The summed E-state index contributed by atoms with van der Waals surface area (Å²) in [4.78, 5) is 29.3. The van der Waals surface area contributed by atoms with Crippen molar-refractivity contribution >= 4 is 11.8 Å². The zero-order chi connectivity index (χ0) is 24.9. The van der Waals surface area contributed by atoms with Gasteiger partial charge in [0.05, 0.1) is 18.7 Å². The first kappa shape index (κ1) is 25.7. The molecular formula is C25H32F2N4O3. The van der Waals surface area contributed by atoms with Gasteiger partial charge in [-0.15, -0.1) is 0 Å². The number of carbonyl (C=O) groups excluding carboxylic acids is 2. The molecule has 3 atom stereocenters. The molecule has 1 aliphatic rings. The van der Waals surface area contributed by atoms with Crippen molar-refractivity contribution < 1.29 is 23.1 Å². The molecular weight excluding hydrogens is 442 g/mol. The van der Waals surface area contributed by atoms with Crippen LogP contribution in [-0.2, 0) is 27.2 Å². The summed E-state index contributed by atoms with van der Waals surface area (Å²) in [5.41, 5.74) is 12.0. The Hall–Kier alpha value is -2.88. The maximum Gasteiger partial charge on any atom is 0.240 e. The minimum absolute atomic E-state index is 0.104. The molecule has 3 rings (SSSR count). The molecule has 9 heteroatoms. The quantitative estimate of drug-likeness (QED) is 0.573. The smallest absolute Gasteiger partial charge is 0.240 e. The van der Waals surface area contributed by atoms with Crippen LogP contribution in [0.4, 0.5) is 8.78 Å². The van der Waals surface area contributed by atoms with E-state index in [4.69, 9.17) is 16.2 Å². The molecule has 3 unspecified atom stereocenters. The van der Waals surface area contributed by atoms with Crippen LogP contribution >= 0.6 is 0 Å². The molecule has 2 aromatic rings. The van der Waals surface area contributed by atoms with E-state index in [-0.39, 0.29) is 37.2 Å². The second-order valence-corrected chi connectivity index (χ2v) is 8.93. The third kappa shape index (κ3) is 5.78. The highest BCUT2D eigenvalue weighted by atomic mass is 19.1. The predicted molar refractivity (Wildman–Crippen MR) is 125 cm³/mol. The first-order valence-corrected chi connectivity index (χ1v) is 11.2. The lowest BCUT2D eigenvalue weighted by atomic mass is 9.88. The molecule has 1 heterocycles. The van der Waals surface area contributed by atoms with E-state index in [2.05, 4.69) is 0 Å². The number of rotatable bonds is 9. The summed E-state index contributed by atoms with van der Waals surface area (Å²) in [5, 5.41) is 0. The number of methoxy groups -OCH3 is 1. The van der Waals surface area contributed by atoms with Crippen molar-refractivity contribution in [3.8, 4) is 0 Å². The largest absolute Gasteiger partial charge is 0.382 e. The van der Waals surface area contributed by atoms with Crippen LogP contribution in [0, 0.1) is 11.6 Å². The second kappa shape index (κ2) is 11.0. The Labute approximate surface area is 198 Å². The number of ether oxygens (including phenoxy) is 1. The van der Waals surface area contributed by atoms with Gasteiger partial charge in [0.1, 0.15) is 17.2 Å². The Morgan fingerprint density at radius 3 is 2.44 bits per heavy atom. The van der Waals surface area contributed by atoms with Crippen LogP contribution in [0.3, 0.4) is 0 Å². The van der Waals surface area contributed by atoms with Gasteiger partial charge in [-0.1, -0.05) is 30.3 Å². The fourth-order valence-corrected chi connectivity index (χ4v) is 4.47. The van der Waals surface area contributed by atoms with Gasteiger partial charge in [0, 0.05) is 33.2 Å². The van der Waals surface area contributed by atoms with Gasteiger partial charge in [-0.25, -0.2) is 8.78 Å². The van der Waals surface area contributed by atoms with Crippen molar-refractivity contribution in [1.29, 1.82) is 0 Å². The van der Waals surface area contributed by atoms with E-state index in [1.165, 1.54) is 25.3 Å². The maximum atomic E-state index is 14.3. The van der Waals surface area contributed by atoms with E-state index >= 15 is 0 Å². The van der Waals surface area contributed by atoms with E-state index in [1.807, 2.05) is 4.90 Å². The van der Waals surface area contributed by atoms with Crippen molar-refractivity contribution in [2.75, 3.05) is 33.4 Å². The topological polar surface area (TPSA) is 102 Å². The van der Waals surface area contributed by atoms with Crippen LogP contribution in [0.5, 0.6) is 0 Å². The maximum absolute atomic E-state index is 14.3. The van der Waals surface area contributed by atoms with Gasteiger partial charge in [0.15, 0.2) is 0 Å². The number of primary amides is 1. The van der Waals surface area contributed by atoms with Gasteiger partial charge in [-0.05, 0) is 42.7 Å². The fraction of sp³-hybridized carbons (Fsp3) is 0.440. The Morgan fingerprint density at radius 2 is 1.82 bits per heavy atom. The molecule has 1 aliphatic heterocycles. The van der Waals surface area contributed by atoms with E-state index in [9.17, 15) is 18.4 Å². The molecule has 0 bridgehead atoms. The zero-order valence-corrected chi connectivity index (χ0v) is 19.5. The van der Waals surface area contributed by atoms with Crippen molar-refractivity contribution in [3.05, 3.63) is 71.3 Å². The molecule has 0 spiro atoms. The van der Waals surface area contributed by atoms with Gasteiger partial charge in [0.2, 0.25) is 11.8 Å². The summed E-state index contributed by atoms with van der Waals surface area (Å²) in [5.74, 6) is -1.57. The van der Waals surface area contributed by atoms with E-state index in [1.54, 1.807) is 42.2 Å². The van der Waals surface area contributed by atoms with Crippen LogP contribution in [0.1, 0.15) is 18.1 Å². The SMILES string of the molecule is COCC1CN(C(C)(Cc2ccccc2F)C(N)=O)CCN1C(=O)C(N)Cc1ccc(F)cc1. The number of piperazine rings is 1. The average molecular weight is 475 g/mol. The molecule has 1 fully saturated rings. The first-order valence-electron chi connectivity index (χ1n) is 11.2. The van der Waals surface area contributed by atoms with E-state index in [0.717, 1.165) is 5.56 Å². The average Bonchev–Trinajstić information content (AvgIpc) is 2.81. The van der Waals surface area contributed by atoms with Crippen LogP contribution in [0.25, 0.3) is 0 Å². The summed E-state index contributed by atoms with van der Waals surface area (Å²) >= 11 is 0. The van der Waals surface area contributed by atoms with Crippen LogP contribution in [0.15, 0.2) is 48.5 Å². The monoisotopic (exact) mass is 474 g/mol. The van der Waals surface area contributed by atoms with Gasteiger partial charge in [-0.3, -0.25) is 14.5 Å². The Morgan fingerprint density at radius 1 is 1.15 bits per heavy atom. The van der Waals surface area contributed by atoms with E-state index in [0.29, 0.717) is 25.2 Å². The summed E-state index contributed by atoms with van der Waals surface area (Å²) < 4.78 is 32.9. The minimum Gasteiger partial charge on any atom is -0.382 e. The highest BCUT2D eigenvalue weighted by Gasteiger charge is 2.43. The number of carbonyl (C=O) groups is 2. The number of hydrogen-bond acceptors (Lipinski definition) is 5. The van der Waals surface area contributed by atoms with Crippen molar-refractivity contribution in [2.45, 2.75) is 37.4 Å². The molecule has 4 N–H and O–H groups in total. The number of nitrogens with zero attached hydrogens (tertiary/aromatic N) is 2. The molecule has 34 heavy (non-hydrogen) atoms. The van der Waals surface area contributed by atoms with Gasteiger partial charge in [0.25, 0.3) is 0 Å². The number of nitrogens with two attached hydrogens (primary N) is 2. The van der Waals surface area contributed by atoms with Crippen molar-refractivity contribution in [1.82, 2.24) is 9.80 Å². The lowest BCUT2D eigenvalue weighted by molar-refractivity contribution is -0.143. The fourth-order valence-electron chi connectivity index (χ4n) is 4.47. The molecule has 0 aliphatic carbocycles. The highest BCUT2D eigenvalue weighted by molar-refractivity contribution is 5.85. The van der Waals surface area contributed by atoms with Crippen LogP contribution in [-0.4, -0.2) is 72.6 Å². The molecule has 184 valence electrons. The van der Waals surface area contributed by atoms with Gasteiger partial charge in [-0.2, -0.15) is 0 Å². The normalized spacial score (nSPS) is 19.4. The molecule has 7 nitrogen and oxygen atoms in total. The third-order valence-corrected chi connectivity index (χ3v) is 6.53. The highest BCUT2D eigenvalue weighted by Crippen LogP contribution is 2.26. The lowest BCUT2D eigenvalue weighted by Gasteiger charge is -2.48. The van der Waals surface area contributed by atoms with Crippen molar-refractivity contribution in [3.63, 3.8) is 0 Å². The lowest BCUT2D eigenvalue weighted by Crippen LogP contribution is -2.67. The standard InChI is InChI=1S/C25H32F2N4O3/c1-25(24(29)33,14-18-5-3-4-6-21(18)27)30-11-12-31(20(15-30)16-34-2)23(32)22(28)13-17-7-9-19(26)10-8-17/h3-10,20,22H,11-16,28H2,1-2H3,(H2,29,33). The number of amides is 2. The zero-order valence-electron chi connectivity index (χ0n) is 19.5. The Balaban J connectivity index is 1.75. The molecule has 2 amide bonds.